The summed E-state index contributed by atoms with van der Waals surface area (Å²) in [5.41, 5.74) is 4.08. The summed E-state index contributed by atoms with van der Waals surface area (Å²) in [4.78, 5) is 4.17. The van der Waals surface area contributed by atoms with Crippen LogP contribution < -0.4 is 5.32 Å². The Kier molecular flexibility index (Phi) is 8.11. The minimum absolute atomic E-state index is 0.617. The van der Waals surface area contributed by atoms with Crippen LogP contribution in [0.5, 0.6) is 0 Å². The Morgan fingerprint density at radius 2 is 1.78 bits per heavy atom. The van der Waals surface area contributed by atoms with Crippen molar-refractivity contribution >= 4 is 5.84 Å². The molecule has 0 radical (unpaired) electrons. The van der Waals surface area contributed by atoms with E-state index in [2.05, 4.69) is 49.0 Å². The zero-order valence-corrected chi connectivity index (χ0v) is 14.9. The first-order valence-corrected chi connectivity index (χ1v) is 8.34. The lowest BCUT2D eigenvalue weighted by atomic mass is 9.83. The summed E-state index contributed by atoms with van der Waals surface area (Å²) in [6.45, 7) is 10.1. The molecule has 1 saturated carbocycles. The average Bonchev–Trinajstić information content (AvgIpc) is 2.53. The van der Waals surface area contributed by atoms with E-state index in [1.807, 2.05) is 0 Å². The lowest BCUT2D eigenvalue weighted by Gasteiger charge is -2.23. The zero-order valence-electron chi connectivity index (χ0n) is 14.9. The number of rotatable bonds is 5. The molecule has 0 saturated heterocycles. The van der Waals surface area contributed by atoms with Crippen molar-refractivity contribution < 1.29 is 0 Å². The van der Waals surface area contributed by atoms with Gasteiger partial charge in [-0.2, -0.15) is 5.26 Å². The predicted molar refractivity (Wildman–Crippen MR) is 99.1 cm³/mol. The quantitative estimate of drug-likeness (QED) is 0.334. The van der Waals surface area contributed by atoms with Gasteiger partial charge in [0.05, 0.1) is 6.07 Å². The summed E-state index contributed by atoms with van der Waals surface area (Å²) in [7, 11) is 1.71. The van der Waals surface area contributed by atoms with E-state index in [1.54, 1.807) is 20.0 Å². The van der Waals surface area contributed by atoms with Gasteiger partial charge in [-0.05, 0) is 57.3 Å². The molecule has 1 rings (SSSR count). The third-order valence-electron chi connectivity index (χ3n) is 3.93. The summed E-state index contributed by atoms with van der Waals surface area (Å²) in [6.07, 6.45) is 12.6. The third-order valence-corrected chi connectivity index (χ3v) is 3.93. The lowest BCUT2D eigenvalue weighted by Crippen LogP contribution is -2.20. The molecule has 0 amide bonds. The smallest absolute Gasteiger partial charge is 0.125 e. The Morgan fingerprint density at radius 3 is 2.30 bits per heavy atom. The van der Waals surface area contributed by atoms with E-state index in [1.165, 1.54) is 43.3 Å². The molecule has 0 aliphatic heterocycles. The Labute approximate surface area is 141 Å². The van der Waals surface area contributed by atoms with E-state index in [4.69, 9.17) is 5.26 Å². The predicted octanol–water partition coefficient (Wildman–Crippen LogP) is 5.06. The first-order valence-electron chi connectivity index (χ1n) is 8.34. The van der Waals surface area contributed by atoms with Crippen molar-refractivity contribution in [2.24, 2.45) is 10.9 Å². The van der Waals surface area contributed by atoms with Gasteiger partial charge in [0.1, 0.15) is 5.84 Å². The second kappa shape index (κ2) is 9.84. The Balaban J connectivity index is 2.91. The molecule has 0 aromatic rings. The first kappa shape index (κ1) is 19.0. The van der Waals surface area contributed by atoms with Crippen LogP contribution in [0.15, 0.2) is 52.2 Å². The number of allylic oxidation sites excluding steroid dienone is 5. The fourth-order valence-corrected chi connectivity index (χ4v) is 2.84. The number of hydrogen-bond donors (Lipinski definition) is 1. The third kappa shape index (κ3) is 7.15. The molecule has 0 atom stereocenters. The van der Waals surface area contributed by atoms with Crippen LogP contribution >= 0.6 is 0 Å². The molecule has 3 heteroatoms. The number of amidine groups is 1. The van der Waals surface area contributed by atoms with E-state index < -0.39 is 0 Å². The van der Waals surface area contributed by atoms with E-state index in [-0.39, 0.29) is 0 Å². The Hall–Kier alpha value is -2.08. The molecule has 0 aromatic heterocycles. The summed E-state index contributed by atoms with van der Waals surface area (Å²) in [6, 6.07) is 2.11. The minimum Gasteiger partial charge on any atom is -0.341 e. The molecule has 1 aliphatic rings. The monoisotopic (exact) mass is 311 g/mol. The van der Waals surface area contributed by atoms with Gasteiger partial charge < -0.3 is 5.32 Å². The summed E-state index contributed by atoms with van der Waals surface area (Å²) < 4.78 is 0. The van der Waals surface area contributed by atoms with Crippen molar-refractivity contribution in [3.8, 4) is 6.07 Å². The van der Waals surface area contributed by atoms with Gasteiger partial charge in [-0.1, -0.05) is 37.5 Å². The molecule has 1 aliphatic carbocycles. The maximum absolute atomic E-state index is 8.88. The Bertz CT molecular complexity index is 572. The van der Waals surface area contributed by atoms with Crippen LogP contribution in [0.1, 0.15) is 52.9 Å². The number of nitrogens with zero attached hydrogens (tertiary/aromatic N) is 2. The number of aliphatic imine (C=N–C) groups is 1. The van der Waals surface area contributed by atoms with Crippen LogP contribution in [-0.2, 0) is 0 Å². The second-order valence-electron chi connectivity index (χ2n) is 6.40. The van der Waals surface area contributed by atoms with Crippen molar-refractivity contribution in [3.63, 3.8) is 0 Å². The van der Waals surface area contributed by atoms with Gasteiger partial charge in [0.25, 0.3) is 0 Å². The summed E-state index contributed by atoms with van der Waals surface area (Å²) in [5, 5.41) is 12.1. The fraction of sp³-hybridized carbons (Fsp3) is 0.500. The number of nitriles is 1. The van der Waals surface area contributed by atoms with Crippen LogP contribution in [0.4, 0.5) is 0 Å². The first-order chi connectivity index (χ1) is 11.0. The maximum atomic E-state index is 8.88. The number of nitrogens with one attached hydrogen (secondary N) is 1. The topological polar surface area (TPSA) is 48.2 Å². The van der Waals surface area contributed by atoms with Crippen molar-refractivity contribution in [2.45, 2.75) is 52.9 Å². The van der Waals surface area contributed by atoms with Crippen molar-refractivity contribution in [1.82, 2.24) is 5.32 Å². The standard InChI is InChI=1S/C20H29N3/c1-15(2)11-19(18-9-7-6-8-10-18)13-17(4)23-20(22-5)12-16(3)14-21/h11-13,18H,4,6-10H2,1-3,5H3,(H,22,23)/b16-12+,19-13+. The molecule has 1 fully saturated rings. The van der Waals surface area contributed by atoms with Gasteiger partial charge in [-0.15, -0.1) is 0 Å². The fourth-order valence-electron chi connectivity index (χ4n) is 2.84. The van der Waals surface area contributed by atoms with Crippen molar-refractivity contribution in [1.29, 1.82) is 5.26 Å². The maximum Gasteiger partial charge on any atom is 0.125 e. The molecule has 1 N–H and O–H groups in total. The van der Waals surface area contributed by atoms with Crippen molar-refractivity contribution in [2.75, 3.05) is 7.05 Å². The van der Waals surface area contributed by atoms with E-state index in [0.717, 1.165) is 5.70 Å². The minimum atomic E-state index is 0.617. The zero-order chi connectivity index (χ0) is 17.2. The van der Waals surface area contributed by atoms with Gasteiger partial charge in [-0.25, -0.2) is 0 Å². The Morgan fingerprint density at radius 1 is 1.13 bits per heavy atom. The van der Waals surface area contributed by atoms with Crippen LogP contribution in [0.25, 0.3) is 0 Å². The molecule has 0 unspecified atom stereocenters. The second-order valence-corrected chi connectivity index (χ2v) is 6.40. The summed E-state index contributed by atoms with van der Waals surface area (Å²) in [5.74, 6) is 1.28. The van der Waals surface area contributed by atoms with Gasteiger partial charge in [-0.3, -0.25) is 4.99 Å². The van der Waals surface area contributed by atoms with Crippen LogP contribution in [-0.4, -0.2) is 12.9 Å². The SMILES string of the molecule is C=C(/C=C(\C=C(C)C)C1CCCCC1)NC(/C=C(\C)C#N)=N/C. The number of hydrogen-bond acceptors (Lipinski definition) is 2. The van der Waals surface area contributed by atoms with Crippen LogP contribution in [0.2, 0.25) is 0 Å². The highest BCUT2D eigenvalue weighted by atomic mass is 15.0. The molecule has 23 heavy (non-hydrogen) atoms. The van der Waals surface area contributed by atoms with Gasteiger partial charge in [0, 0.05) is 18.3 Å². The molecular weight excluding hydrogens is 282 g/mol. The average molecular weight is 311 g/mol. The normalized spacial score (nSPS) is 17.4. The van der Waals surface area contributed by atoms with Gasteiger partial charge in [0.2, 0.25) is 0 Å². The highest BCUT2D eigenvalue weighted by Crippen LogP contribution is 2.31. The molecule has 0 spiro atoms. The lowest BCUT2D eigenvalue weighted by molar-refractivity contribution is 0.408. The van der Waals surface area contributed by atoms with E-state index in [0.29, 0.717) is 17.3 Å². The van der Waals surface area contributed by atoms with Gasteiger partial charge in [0.15, 0.2) is 0 Å². The molecule has 124 valence electrons. The van der Waals surface area contributed by atoms with E-state index in [9.17, 15) is 0 Å². The van der Waals surface area contributed by atoms with Crippen LogP contribution in [0, 0.1) is 17.2 Å². The van der Waals surface area contributed by atoms with Crippen LogP contribution in [0.3, 0.4) is 0 Å². The molecule has 0 aromatic carbocycles. The molecule has 0 bridgehead atoms. The van der Waals surface area contributed by atoms with E-state index >= 15 is 0 Å². The molecular formula is C20H29N3. The summed E-state index contributed by atoms with van der Waals surface area (Å²) >= 11 is 0. The molecule has 3 nitrogen and oxygen atoms in total. The largest absolute Gasteiger partial charge is 0.341 e. The molecule has 0 heterocycles. The highest BCUT2D eigenvalue weighted by Gasteiger charge is 2.16. The van der Waals surface area contributed by atoms with Crippen molar-refractivity contribution in [3.05, 3.63) is 47.2 Å². The van der Waals surface area contributed by atoms with Gasteiger partial charge >= 0.3 is 0 Å². The highest BCUT2D eigenvalue weighted by molar-refractivity contribution is 5.95.